The van der Waals surface area contributed by atoms with Crippen molar-refractivity contribution in [2.24, 2.45) is 5.10 Å². The lowest BCUT2D eigenvalue weighted by Gasteiger charge is -2.05. The minimum Gasteiger partial charge on any atom is -0.477 e. The first-order valence-corrected chi connectivity index (χ1v) is 5.75. The highest BCUT2D eigenvalue weighted by molar-refractivity contribution is 7.89. The SMILES string of the molecule is Cc1ccccc1S(=O)(=O)NN=CC(=O)O. The molecule has 0 bridgehead atoms. The van der Waals surface area contributed by atoms with Gasteiger partial charge in [0, 0.05) is 0 Å². The van der Waals surface area contributed by atoms with Gasteiger partial charge in [-0.25, -0.2) is 4.79 Å². The molecule has 1 aromatic carbocycles. The van der Waals surface area contributed by atoms with Gasteiger partial charge in [-0.1, -0.05) is 18.2 Å². The summed E-state index contributed by atoms with van der Waals surface area (Å²) >= 11 is 0. The number of nitrogens with one attached hydrogen (secondary N) is 1. The third-order valence-corrected chi connectivity index (χ3v) is 3.11. The monoisotopic (exact) mass is 242 g/mol. The highest BCUT2D eigenvalue weighted by Gasteiger charge is 2.14. The summed E-state index contributed by atoms with van der Waals surface area (Å²) < 4.78 is 23.2. The summed E-state index contributed by atoms with van der Waals surface area (Å²) in [5.41, 5.74) is 0.556. The standard InChI is InChI=1S/C9H10N2O4S/c1-7-4-2-3-5-8(7)16(14,15)11-10-6-9(12)13/h2-6,11H,1H3,(H,12,13). The predicted octanol–water partition coefficient (Wildman–Crippen LogP) is 0.344. The van der Waals surface area contributed by atoms with Crippen LogP contribution in [0.1, 0.15) is 5.56 Å². The summed E-state index contributed by atoms with van der Waals surface area (Å²) in [6, 6.07) is 6.32. The Kier molecular flexibility index (Phi) is 3.62. The summed E-state index contributed by atoms with van der Waals surface area (Å²) in [5.74, 6) is -1.33. The van der Waals surface area contributed by atoms with Gasteiger partial charge in [0.05, 0.1) is 4.90 Å². The van der Waals surface area contributed by atoms with Crippen molar-refractivity contribution in [1.29, 1.82) is 0 Å². The summed E-state index contributed by atoms with van der Waals surface area (Å²) in [6.07, 6.45) is 0.468. The quantitative estimate of drug-likeness (QED) is 0.588. The van der Waals surface area contributed by atoms with Crippen LogP contribution in [0.25, 0.3) is 0 Å². The average Bonchev–Trinajstić information content (AvgIpc) is 2.17. The molecule has 7 heteroatoms. The summed E-state index contributed by atoms with van der Waals surface area (Å²) in [7, 11) is -3.80. The molecule has 0 aromatic heterocycles. The molecule has 86 valence electrons. The second kappa shape index (κ2) is 4.75. The lowest BCUT2D eigenvalue weighted by molar-refractivity contribution is -0.128. The molecule has 0 saturated carbocycles. The zero-order chi connectivity index (χ0) is 12.2. The fraction of sp³-hybridized carbons (Fsp3) is 0.111. The normalized spacial score (nSPS) is 11.6. The van der Waals surface area contributed by atoms with E-state index in [0.717, 1.165) is 0 Å². The first kappa shape index (κ1) is 12.2. The van der Waals surface area contributed by atoms with Gasteiger partial charge >= 0.3 is 5.97 Å². The van der Waals surface area contributed by atoms with Crippen molar-refractivity contribution >= 4 is 22.2 Å². The second-order valence-electron chi connectivity index (χ2n) is 2.96. The number of aliphatic carboxylic acids is 1. The highest BCUT2D eigenvalue weighted by atomic mass is 32.2. The van der Waals surface area contributed by atoms with Crippen LogP contribution < -0.4 is 4.83 Å². The van der Waals surface area contributed by atoms with E-state index in [1.54, 1.807) is 25.1 Å². The molecule has 2 N–H and O–H groups in total. The number of benzene rings is 1. The molecule has 0 aliphatic rings. The Hall–Kier alpha value is -1.89. The zero-order valence-corrected chi connectivity index (χ0v) is 9.23. The minimum atomic E-state index is -3.80. The Balaban J connectivity index is 2.96. The van der Waals surface area contributed by atoms with Gasteiger partial charge in [-0.2, -0.15) is 18.4 Å². The third-order valence-electron chi connectivity index (χ3n) is 1.73. The molecular weight excluding hydrogens is 232 g/mol. The van der Waals surface area contributed by atoms with Crippen molar-refractivity contribution in [3.05, 3.63) is 29.8 Å². The van der Waals surface area contributed by atoms with Crippen LogP contribution in [-0.4, -0.2) is 25.7 Å². The lowest BCUT2D eigenvalue weighted by Crippen LogP contribution is -2.20. The van der Waals surface area contributed by atoms with Crippen LogP contribution in [0.2, 0.25) is 0 Å². The van der Waals surface area contributed by atoms with E-state index in [1.807, 2.05) is 4.83 Å². The maximum atomic E-state index is 11.6. The first-order chi connectivity index (χ1) is 7.43. The van der Waals surface area contributed by atoms with E-state index in [9.17, 15) is 13.2 Å². The van der Waals surface area contributed by atoms with E-state index in [4.69, 9.17) is 5.11 Å². The number of aryl methyl sites for hydroxylation is 1. The molecule has 0 heterocycles. The maximum absolute atomic E-state index is 11.6. The van der Waals surface area contributed by atoms with Crippen molar-refractivity contribution in [2.45, 2.75) is 11.8 Å². The van der Waals surface area contributed by atoms with E-state index in [2.05, 4.69) is 5.10 Å². The molecule has 1 aromatic rings. The van der Waals surface area contributed by atoms with Crippen LogP contribution in [0.4, 0.5) is 0 Å². The number of carbonyl (C=O) groups is 1. The molecule has 0 spiro atoms. The van der Waals surface area contributed by atoms with Crippen molar-refractivity contribution in [3.63, 3.8) is 0 Å². The van der Waals surface area contributed by atoms with Crippen LogP contribution in [0.5, 0.6) is 0 Å². The van der Waals surface area contributed by atoms with Gasteiger partial charge in [0.25, 0.3) is 10.0 Å². The molecule has 0 amide bonds. The Morgan fingerprint density at radius 2 is 2.06 bits per heavy atom. The molecule has 0 atom stereocenters. The van der Waals surface area contributed by atoms with Gasteiger partial charge in [0.1, 0.15) is 6.21 Å². The van der Waals surface area contributed by atoms with E-state index in [0.29, 0.717) is 11.8 Å². The fourth-order valence-corrected chi connectivity index (χ4v) is 2.10. The molecule has 0 radical (unpaired) electrons. The van der Waals surface area contributed by atoms with Gasteiger partial charge < -0.3 is 5.11 Å². The Morgan fingerprint density at radius 3 is 2.62 bits per heavy atom. The van der Waals surface area contributed by atoms with E-state index in [1.165, 1.54) is 6.07 Å². The van der Waals surface area contributed by atoms with Crippen molar-refractivity contribution in [1.82, 2.24) is 4.83 Å². The summed E-state index contributed by atoms with van der Waals surface area (Å²) in [4.78, 5) is 12.0. The number of carboxylic acids is 1. The first-order valence-electron chi connectivity index (χ1n) is 4.27. The minimum absolute atomic E-state index is 0.0672. The highest BCUT2D eigenvalue weighted by Crippen LogP contribution is 2.13. The zero-order valence-electron chi connectivity index (χ0n) is 8.41. The molecule has 0 aliphatic carbocycles. The fourth-order valence-electron chi connectivity index (χ4n) is 1.06. The molecule has 0 fully saturated rings. The second-order valence-corrected chi connectivity index (χ2v) is 4.59. The van der Waals surface area contributed by atoms with Gasteiger partial charge in [-0.05, 0) is 18.6 Å². The summed E-state index contributed by atoms with van der Waals surface area (Å²) in [5, 5.41) is 11.3. The maximum Gasteiger partial charge on any atom is 0.348 e. The van der Waals surface area contributed by atoms with Crippen molar-refractivity contribution in [2.75, 3.05) is 0 Å². The smallest absolute Gasteiger partial charge is 0.348 e. The molecule has 0 saturated heterocycles. The van der Waals surface area contributed by atoms with Crippen LogP contribution >= 0.6 is 0 Å². The van der Waals surface area contributed by atoms with Crippen molar-refractivity contribution in [3.8, 4) is 0 Å². The Labute approximate surface area is 92.7 Å². The van der Waals surface area contributed by atoms with Crippen LogP contribution in [-0.2, 0) is 14.8 Å². The number of hydrogen-bond acceptors (Lipinski definition) is 4. The van der Waals surface area contributed by atoms with Crippen LogP contribution in [0.15, 0.2) is 34.3 Å². The number of hydrogen-bond donors (Lipinski definition) is 2. The number of carboxylic acid groups (broad SMARTS) is 1. The van der Waals surface area contributed by atoms with E-state index >= 15 is 0 Å². The van der Waals surface area contributed by atoms with Gasteiger partial charge in [-0.15, -0.1) is 0 Å². The molecule has 1 rings (SSSR count). The molecule has 16 heavy (non-hydrogen) atoms. The van der Waals surface area contributed by atoms with Crippen molar-refractivity contribution < 1.29 is 18.3 Å². The molecule has 6 nitrogen and oxygen atoms in total. The molecule has 0 aliphatic heterocycles. The van der Waals surface area contributed by atoms with Crippen LogP contribution in [0.3, 0.4) is 0 Å². The topological polar surface area (TPSA) is 95.8 Å². The summed E-state index contributed by atoms with van der Waals surface area (Å²) in [6.45, 7) is 1.63. The van der Waals surface area contributed by atoms with E-state index < -0.39 is 16.0 Å². The number of sulfonamides is 1. The Bertz CT molecular complexity index is 522. The predicted molar refractivity (Wildman–Crippen MR) is 57.6 cm³/mol. The average molecular weight is 242 g/mol. The number of rotatable bonds is 4. The van der Waals surface area contributed by atoms with Gasteiger partial charge in [0.15, 0.2) is 0 Å². The van der Waals surface area contributed by atoms with Gasteiger partial charge in [-0.3, -0.25) is 0 Å². The lowest BCUT2D eigenvalue weighted by atomic mass is 10.2. The number of hydrazone groups is 1. The van der Waals surface area contributed by atoms with Crippen LogP contribution in [0, 0.1) is 6.92 Å². The van der Waals surface area contributed by atoms with E-state index in [-0.39, 0.29) is 4.90 Å². The largest absolute Gasteiger partial charge is 0.477 e. The number of nitrogens with zero attached hydrogens (tertiary/aromatic N) is 1. The third kappa shape index (κ3) is 3.06. The van der Waals surface area contributed by atoms with Gasteiger partial charge in [0.2, 0.25) is 0 Å². The molecular formula is C9H10N2O4S. The molecule has 0 unspecified atom stereocenters. The Morgan fingerprint density at radius 1 is 1.44 bits per heavy atom.